The molecule has 0 aliphatic carbocycles. The highest BCUT2D eigenvalue weighted by Gasteiger charge is 2.16. The van der Waals surface area contributed by atoms with E-state index >= 15 is 0 Å². The minimum atomic E-state index is 0.244. The third-order valence-electron chi connectivity index (χ3n) is 2.62. The highest BCUT2D eigenvalue weighted by atomic mass is 35.5. The number of thiazole rings is 1. The zero-order valence-electron chi connectivity index (χ0n) is 9.82. The number of rotatable bonds is 7. The molecule has 1 aromatic heterocycles. The van der Waals surface area contributed by atoms with Crippen LogP contribution in [0.4, 0.5) is 0 Å². The molecular weight excluding hydrogens is 244 g/mol. The van der Waals surface area contributed by atoms with E-state index in [4.69, 9.17) is 16.7 Å². The van der Waals surface area contributed by atoms with Gasteiger partial charge in [0.1, 0.15) is 5.01 Å². The van der Waals surface area contributed by atoms with E-state index in [1.54, 1.807) is 11.3 Å². The summed E-state index contributed by atoms with van der Waals surface area (Å²) in [5.74, 6) is 0.478. The molecule has 1 unspecified atom stereocenters. The van der Waals surface area contributed by atoms with E-state index in [1.807, 2.05) is 5.38 Å². The van der Waals surface area contributed by atoms with Gasteiger partial charge in [-0.05, 0) is 19.9 Å². The Morgan fingerprint density at radius 3 is 2.88 bits per heavy atom. The van der Waals surface area contributed by atoms with Crippen molar-refractivity contribution in [1.82, 2.24) is 9.88 Å². The molecule has 1 aromatic rings. The number of aliphatic hydroxyl groups is 1. The molecule has 0 radical (unpaired) electrons. The Hall–Kier alpha value is -0.160. The van der Waals surface area contributed by atoms with Gasteiger partial charge in [-0.1, -0.05) is 6.92 Å². The third-order valence-corrected chi connectivity index (χ3v) is 3.96. The second kappa shape index (κ2) is 7.22. The van der Waals surface area contributed by atoms with Crippen molar-refractivity contribution in [2.24, 2.45) is 0 Å². The molecule has 92 valence electrons. The first-order valence-corrected chi connectivity index (χ1v) is 6.99. The lowest BCUT2D eigenvalue weighted by Crippen LogP contribution is -2.28. The van der Waals surface area contributed by atoms with Crippen LogP contribution in [0, 0.1) is 0 Å². The molecule has 5 heteroatoms. The Morgan fingerprint density at radius 2 is 2.38 bits per heavy atom. The van der Waals surface area contributed by atoms with E-state index in [0.29, 0.717) is 11.9 Å². The number of aromatic nitrogens is 1. The molecule has 0 bridgehead atoms. The van der Waals surface area contributed by atoms with Crippen molar-refractivity contribution in [3.63, 3.8) is 0 Å². The van der Waals surface area contributed by atoms with Crippen LogP contribution in [0.2, 0.25) is 0 Å². The molecule has 1 N–H and O–H groups in total. The maximum Gasteiger partial charge on any atom is 0.110 e. The Morgan fingerprint density at radius 1 is 1.62 bits per heavy atom. The fourth-order valence-corrected chi connectivity index (χ4v) is 2.77. The molecule has 0 aliphatic rings. The molecule has 0 spiro atoms. The average molecular weight is 263 g/mol. The molecule has 0 saturated carbocycles. The van der Waals surface area contributed by atoms with Crippen molar-refractivity contribution in [2.75, 3.05) is 19.7 Å². The monoisotopic (exact) mass is 262 g/mol. The largest absolute Gasteiger partial charge is 0.396 e. The van der Waals surface area contributed by atoms with Gasteiger partial charge >= 0.3 is 0 Å². The van der Waals surface area contributed by atoms with Crippen LogP contribution in [-0.2, 0) is 5.88 Å². The summed E-state index contributed by atoms with van der Waals surface area (Å²) < 4.78 is 0. The summed E-state index contributed by atoms with van der Waals surface area (Å²) in [6, 6.07) is 0.304. The van der Waals surface area contributed by atoms with Crippen molar-refractivity contribution in [3.05, 3.63) is 16.1 Å². The van der Waals surface area contributed by atoms with Crippen LogP contribution < -0.4 is 0 Å². The van der Waals surface area contributed by atoms with E-state index in [9.17, 15) is 0 Å². The molecule has 3 nitrogen and oxygen atoms in total. The summed E-state index contributed by atoms with van der Waals surface area (Å²) in [6.45, 7) is 6.40. The number of alkyl halides is 1. The Balaban J connectivity index is 2.62. The zero-order valence-corrected chi connectivity index (χ0v) is 11.4. The number of halogens is 1. The van der Waals surface area contributed by atoms with Crippen molar-refractivity contribution < 1.29 is 5.11 Å². The van der Waals surface area contributed by atoms with E-state index in [2.05, 4.69) is 23.7 Å². The lowest BCUT2D eigenvalue weighted by molar-refractivity contribution is 0.191. The molecule has 0 amide bonds. The number of hydrogen-bond acceptors (Lipinski definition) is 4. The first kappa shape index (κ1) is 13.9. The van der Waals surface area contributed by atoms with Crippen molar-refractivity contribution in [3.8, 4) is 0 Å². The van der Waals surface area contributed by atoms with E-state index in [-0.39, 0.29) is 6.61 Å². The van der Waals surface area contributed by atoms with E-state index < -0.39 is 0 Å². The topological polar surface area (TPSA) is 36.4 Å². The van der Waals surface area contributed by atoms with Crippen LogP contribution in [-0.4, -0.2) is 34.7 Å². The predicted octanol–water partition coefficient (Wildman–Crippen LogP) is 2.65. The predicted molar refractivity (Wildman–Crippen MR) is 69.0 cm³/mol. The van der Waals surface area contributed by atoms with Gasteiger partial charge in [-0.2, -0.15) is 0 Å². The minimum Gasteiger partial charge on any atom is -0.396 e. The summed E-state index contributed by atoms with van der Waals surface area (Å²) in [4.78, 5) is 6.80. The van der Waals surface area contributed by atoms with Crippen LogP contribution in [0.3, 0.4) is 0 Å². The van der Waals surface area contributed by atoms with Crippen LogP contribution in [0.5, 0.6) is 0 Å². The molecule has 0 aliphatic heterocycles. The Kier molecular flexibility index (Phi) is 6.28. The van der Waals surface area contributed by atoms with Crippen LogP contribution in [0.25, 0.3) is 0 Å². The standard InChI is InChI=1S/C11H19ClN2OS/c1-3-14(5-4-6-15)9(2)11-13-10(7-12)8-16-11/h8-9,15H,3-7H2,1-2H3. The Labute approximate surface area is 106 Å². The fourth-order valence-electron chi connectivity index (χ4n) is 1.63. The van der Waals surface area contributed by atoms with Gasteiger partial charge in [-0.3, -0.25) is 4.90 Å². The van der Waals surface area contributed by atoms with Gasteiger partial charge in [-0.15, -0.1) is 22.9 Å². The summed E-state index contributed by atoms with van der Waals surface area (Å²) in [6.07, 6.45) is 0.811. The molecule has 0 aromatic carbocycles. The normalized spacial score (nSPS) is 13.3. The smallest absolute Gasteiger partial charge is 0.110 e. The summed E-state index contributed by atoms with van der Waals surface area (Å²) in [7, 11) is 0. The highest BCUT2D eigenvalue weighted by molar-refractivity contribution is 7.09. The second-order valence-corrected chi connectivity index (χ2v) is 4.85. The van der Waals surface area contributed by atoms with Gasteiger partial charge in [0.25, 0.3) is 0 Å². The maximum absolute atomic E-state index is 8.85. The van der Waals surface area contributed by atoms with E-state index in [1.165, 1.54) is 0 Å². The number of aliphatic hydroxyl groups excluding tert-OH is 1. The number of hydrogen-bond donors (Lipinski definition) is 1. The SMILES string of the molecule is CCN(CCCO)C(C)c1nc(CCl)cs1. The maximum atomic E-state index is 8.85. The first-order valence-electron chi connectivity index (χ1n) is 5.58. The summed E-state index contributed by atoms with van der Waals surface area (Å²) in [5.41, 5.74) is 0.951. The molecule has 1 rings (SSSR count). The molecule has 0 saturated heterocycles. The molecule has 16 heavy (non-hydrogen) atoms. The van der Waals surface area contributed by atoms with Crippen molar-refractivity contribution in [2.45, 2.75) is 32.2 Å². The number of nitrogens with zero attached hydrogens (tertiary/aromatic N) is 2. The lowest BCUT2D eigenvalue weighted by atomic mass is 10.2. The van der Waals surface area contributed by atoms with Crippen molar-refractivity contribution >= 4 is 22.9 Å². The van der Waals surface area contributed by atoms with Crippen LogP contribution >= 0.6 is 22.9 Å². The van der Waals surface area contributed by atoms with Crippen molar-refractivity contribution in [1.29, 1.82) is 0 Å². The van der Waals surface area contributed by atoms with Crippen LogP contribution in [0.1, 0.15) is 37.0 Å². The molecule has 1 atom stereocenters. The molecular formula is C11H19ClN2OS. The lowest BCUT2D eigenvalue weighted by Gasteiger charge is -2.25. The quantitative estimate of drug-likeness (QED) is 0.768. The van der Waals surface area contributed by atoms with Gasteiger partial charge in [0.15, 0.2) is 0 Å². The third kappa shape index (κ3) is 3.70. The molecule has 0 fully saturated rings. The zero-order chi connectivity index (χ0) is 12.0. The van der Waals surface area contributed by atoms with Gasteiger partial charge in [0.05, 0.1) is 17.6 Å². The Bertz CT molecular complexity index is 306. The van der Waals surface area contributed by atoms with Gasteiger partial charge < -0.3 is 5.11 Å². The summed E-state index contributed by atoms with van der Waals surface area (Å²) >= 11 is 7.40. The fraction of sp³-hybridized carbons (Fsp3) is 0.727. The minimum absolute atomic E-state index is 0.244. The van der Waals surface area contributed by atoms with Gasteiger partial charge in [0, 0.05) is 18.5 Å². The second-order valence-electron chi connectivity index (χ2n) is 3.69. The first-order chi connectivity index (χ1) is 7.72. The molecule has 1 heterocycles. The highest BCUT2D eigenvalue weighted by Crippen LogP contribution is 2.24. The van der Waals surface area contributed by atoms with Gasteiger partial charge in [0.2, 0.25) is 0 Å². The van der Waals surface area contributed by atoms with E-state index in [0.717, 1.165) is 30.2 Å². The van der Waals surface area contributed by atoms with Gasteiger partial charge in [-0.25, -0.2) is 4.98 Å². The average Bonchev–Trinajstić information content (AvgIpc) is 2.78. The van der Waals surface area contributed by atoms with Crippen LogP contribution in [0.15, 0.2) is 5.38 Å². The summed E-state index contributed by atoms with van der Waals surface area (Å²) in [5, 5.41) is 12.0.